The molecule has 24 heavy (non-hydrogen) atoms. The normalized spacial score (nSPS) is 10.8. The maximum atomic E-state index is 13.7. The van der Waals surface area contributed by atoms with Crippen LogP contribution in [0.1, 0.15) is 11.1 Å². The Kier molecular flexibility index (Phi) is 6.34. The van der Waals surface area contributed by atoms with Crippen LogP contribution in [0, 0.1) is 12.7 Å². The number of amides is 1. The third kappa shape index (κ3) is 5.04. The Morgan fingerprint density at radius 2 is 2.04 bits per heavy atom. The molecule has 0 aliphatic heterocycles. The Bertz CT molecular complexity index is 737. The zero-order valence-electron chi connectivity index (χ0n) is 13.9. The Hall–Kier alpha value is -1.92. The van der Waals surface area contributed by atoms with Crippen LogP contribution in [0.3, 0.4) is 0 Å². The van der Waals surface area contributed by atoms with E-state index in [1.807, 2.05) is 37.1 Å². The summed E-state index contributed by atoms with van der Waals surface area (Å²) in [6.07, 6.45) is 0. The summed E-state index contributed by atoms with van der Waals surface area (Å²) in [4.78, 5) is 13.9. The molecule has 0 atom stereocenters. The number of ether oxygens (including phenoxy) is 1. The molecule has 0 saturated carbocycles. The molecule has 2 aromatic rings. The summed E-state index contributed by atoms with van der Waals surface area (Å²) in [6.45, 7) is 2.64. The highest BCUT2D eigenvalue weighted by atomic mass is 79.9. The lowest BCUT2D eigenvalue weighted by atomic mass is 10.2. The van der Waals surface area contributed by atoms with E-state index < -0.39 is 5.82 Å². The van der Waals surface area contributed by atoms with Gasteiger partial charge >= 0.3 is 0 Å². The number of methoxy groups -OCH3 is 1. The fourth-order valence-electron chi connectivity index (χ4n) is 2.34. The highest BCUT2D eigenvalue weighted by Crippen LogP contribution is 2.20. The average molecular weight is 395 g/mol. The van der Waals surface area contributed by atoms with Gasteiger partial charge in [-0.1, -0.05) is 22.0 Å². The van der Waals surface area contributed by atoms with Gasteiger partial charge in [-0.2, -0.15) is 0 Å². The molecule has 0 saturated heterocycles. The lowest BCUT2D eigenvalue weighted by Crippen LogP contribution is -2.29. The predicted molar refractivity (Wildman–Crippen MR) is 96.8 cm³/mol. The third-order valence-corrected chi connectivity index (χ3v) is 4.41. The van der Waals surface area contributed by atoms with Crippen molar-refractivity contribution in [1.82, 2.24) is 4.90 Å². The average Bonchev–Trinajstić information content (AvgIpc) is 2.51. The van der Waals surface area contributed by atoms with E-state index in [9.17, 15) is 9.18 Å². The summed E-state index contributed by atoms with van der Waals surface area (Å²) in [6, 6.07) is 10.4. The van der Waals surface area contributed by atoms with Gasteiger partial charge in [0, 0.05) is 16.7 Å². The minimum Gasteiger partial charge on any atom is -0.494 e. The van der Waals surface area contributed by atoms with E-state index in [0.717, 1.165) is 21.3 Å². The summed E-state index contributed by atoms with van der Waals surface area (Å²) in [5.41, 5.74) is 2.59. The number of hydrogen-bond acceptors (Lipinski definition) is 3. The summed E-state index contributed by atoms with van der Waals surface area (Å²) in [7, 11) is 3.24. The van der Waals surface area contributed by atoms with Gasteiger partial charge in [-0.25, -0.2) is 4.39 Å². The third-order valence-electron chi connectivity index (χ3n) is 3.52. The quantitative estimate of drug-likeness (QED) is 0.805. The van der Waals surface area contributed by atoms with Crippen molar-refractivity contribution in [3.8, 4) is 5.75 Å². The minimum atomic E-state index is -0.404. The first-order valence-corrected chi connectivity index (χ1v) is 8.25. The van der Waals surface area contributed by atoms with Crippen molar-refractivity contribution < 1.29 is 13.9 Å². The summed E-state index contributed by atoms with van der Waals surface area (Å²) < 4.78 is 19.6. The lowest BCUT2D eigenvalue weighted by Gasteiger charge is -2.17. The monoisotopic (exact) mass is 394 g/mol. The molecule has 1 amide bonds. The Morgan fingerprint density at radius 1 is 1.29 bits per heavy atom. The highest BCUT2D eigenvalue weighted by Gasteiger charge is 2.10. The van der Waals surface area contributed by atoms with Crippen LogP contribution < -0.4 is 10.1 Å². The smallest absolute Gasteiger partial charge is 0.238 e. The standard InChI is InChI=1S/C18H20BrFN2O2/c1-12-8-14(5-6-15(12)19)21-18(23)11-22(2)10-13-4-7-17(24-3)16(20)9-13/h4-9H,10-11H2,1-3H3,(H,21,23). The molecule has 0 radical (unpaired) electrons. The van der Waals surface area contributed by atoms with E-state index in [-0.39, 0.29) is 18.2 Å². The van der Waals surface area contributed by atoms with Crippen LogP contribution in [0.2, 0.25) is 0 Å². The molecule has 0 aliphatic carbocycles. The second-order valence-corrected chi connectivity index (χ2v) is 6.51. The number of rotatable bonds is 6. The molecule has 4 nitrogen and oxygen atoms in total. The van der Waals surface area contributed by atoms with E-state index >= 15 is 0 Å². The summed E-state index contributed by atoms with van der Waals surface area (Å²) in [5.74, 6) is -0.309. The molecule has 0 heterocycles. The van der Waals surface area contributed by atoms with E-state index in [4.69, 9.17) is 4.74 Å². The maximum Gasteiger partial charge on any atom is 0.238 e. The van der Waals surface area contributed by atoms with Gasteiger partial charge < -0.3 is 10.1 Å². The number of halogens is 2. The Morgan fingerprint density at radius 3 is 2.67 bits per heavy atom. The fraction of sp³-hybridized carbons (Fsp3) is 0.278. The van der Waals surface area contributed by atoms with Gasteiger partial charge in [-0.15, -0.1) is 0 Å². The van der Waals surface area contributed by atoms with Crippen molar-refractivity contribution in [2.75, 3.05) is 26.0 Å². The number of anilines is 1. The van der Waals surface area contributed by atoms with E-state index in [0.29, 0.717) is 6.54 Å². The number of carbonyl (C=O) groups excluding carboxylic acids is 1. The van der Waals surface area contributed by atoms with Crippen LogP contribution in [0.25, 0.3) is 0 Å². The topological polar surface area (TPSA) is 41.6 Å². The Labute approximate surface area is 149 Å². The molecule has 1 N–H and O–H groups in total. The van der Waals surface area contributed by atoms with Crippen LogP contribution >= 0.6 is 15.9 Å². The van der Waals surface area contributed by atoms with Gasteiger partial charge in [0.2, 0.25) is 5.91 Å². The van der Waals surface area contributed by atoms with E-state index in [1.165, 1.54) is 13.2 Å². The fourth-order valence-corrected chi connectivity index (χ4v) is 2.59. The molecular weight excluding hydrogens is 375 g/mol. The van der Waals surface area contributed by atoms with Crippen molar-refractivity contribution in [1.29, 1.82) is 0 Å². The molecule has 2 rings (SSSR count). The number of carbonyl (C=O) groups is 1. The summed E-state index contributed by atoms with van der Waals surface area (Å²) >= 11 is 3.43. The van der Waals surface area contributed by atoms with Crippen LogP contribution in [0.4, 0.5) is 10.1 Å². The second-order valence-electron chi connectivity index (χ2n) is 5.65. The molecule has 0 bridgehead atoms. The van der Waals surface area contributed by atoms with Crippen molar-refractivity contribution in [2.24, 2.45) is 0 Å². The number of likely N-dealkylation sites (N-methyl/N-ethyl adjacent to an activating group) is 1. The van der Waals surface area contributed by atoms with E-state index in [1.54, 1.807) is 12.1 Å². The van der Waals surface area contributed by atoms with Gasteiger partial charge in [0.1, 0.15) is 0 Å². The molecule has 128 valence electrons. The van der Waals surface area contributed by atoms with Gasteiger partial charge in [0.25, 0.3) is 0 Å². The van der Waals surface area contributed by atoms with Crippen LogP contribution in [0.15, 0.2) is 40.9 Å². The zero-order valence-corrected chi connectivity index (χ0v) is 15.5. The molecular formula is C18H20BrFN2O2. The molecule has 0 aliphatic rings. The number of nitrogens with zero attached hydrogens (tertiary/aromatic N) is 1. The Balaban J connectivity index is 1.91. The molecule has 0 unspecified atom stereocenters. The van der Waals surface area contributed by atoms with Crippen LogP contribution in [-0.2, 0) is 11.3 Å². The van der Waals surface area contributed by atoms with Gasteiger partial charge in [-0.3, -0.25) is 9.69 Å². The number of hydrogen-bond donors (Lipinski definition) is 1. The predicted octanol–water partition coefficient (Wildman–Crippen LogP) is 3.98. The SMILES string of the molecule is COc1ccc(CN(C)CC(=O)Nc2ccc(Br)c(C)c2)cc1F. The van der Waals surface area contributed by atoms with Crippen molar-refractivity contribution in [3.05, 3.63) is 57.8 Å². The zero-order chi connectivity index (χ0) is 17.7. The minimum absolute atomic E-state index is 0.117. The number of benzene rings is 2. The van der Waals surface area contributed by atoms with E-state index in [2.05, 4.69) is 21.2 Å². The van der Waals surface area contributed by atoms with Crippen molar-refractivity contribution in [2.45, 2.75) is 13.5 Å². The molecule has 0 fully saturated rings. The van der Waals surface area contributed by atoms with Gasteiger partial charge in [0.05, 0.1) is 13.7 Å². The van der Waals surface area contributed by atoms with Gasteiger partial charge in [0.15, 0.2) is 11.6 Å². The number of aryl methyl sites for hydroxylation is 1. The van der Waals surface area contributed by atoms with Crippen LogP contribution in [0.5, 0.6) is 5.75 Å². The molecule has 6 heteroatoms. The molecule has 0 aromatic heterocycles. The maximum absolute atomic E-state index is 13.7. The molecule has 0 spiro atoms. The highest BCUT2D eigenvalue weighted by molar-refractivity contribution is 9.10. The largest absolute Gasteiger partial charge is 0.494 e. The lowest BCUT2D eigenvalue weighted by molar-refractivity contribution is -0.117. The number of nitrogens with one attached hydrogen (secondary N) is 1. The molecule has 2 aromatic carbocycles. The first-order chi connectivity index (χ1) is 11.4. The van der Waals surface area contributed by atoms with Crippen molar-refractivity contribution >= 4 is 27.5 Å². The first kappa shape index (κ1) is 18.4. The first-order valence-electron chi connectivity index (χ1n) is 7.46. The van der Waals surface area contributed by atoms with Gasteiger partial charge in [-0.05, 0) is 55.4 Å². The van der Waals surface area contributed by atoms with Crippen LogP contribution in [-0.4, -0.2) is 31.5 Å². The second kappa shape index (κ2) is 8.26. The summed E-state index contributed by atoms with van der Waals surface area (Å²) in [5, 5.41) is 2.86. The van der Waals surface area contributed by atoms with Crippen molar-refractivity contribution in [3.63, 3.8) is 0 Å².